The van der Waals surface area contributed by atoms with Gasteiger partial charge in [0.2, 0.25) is 0 Å². The Balaban J connectivity index is 2.38. The molecule has 0 saturated carbocycles. The molecule has 0 aromatic carbocycles. The molecule has 0 aliphatic carbocycles. The van der Waals surface area contributed by atoms with Crippen LogP contribution in [0.2, 0.25) is 0 Å². The number of fused-ring (bicyclic) bond motifs is 1. The van der Waals surface area contributed by atoms with Crippen molar-refractivity contribution in [3.05, 3.63) is 12.4 Å². The summed E-state index contributed by atoms with van der Waals surface area (Å²) >= 11 is 0. The molecule has 0 unspecified atom stereocenters. The highest BCUT2D eigenvalue weighted by molar-refractivity contribution is 5.91. The van der Waals surface area contributed by atoms with Gasteiger partial charge in [-0.15, -0.1) is 10.2 Å². The van der Waals surface area contributed by atoms with E-state index in [1.807, 2.05) is 0 Å². The number of nitrogens with zero attached hydrogens (tertiary/aromatic N) is 4. The largest absolute Gasteiger partial charge is 0.395 e. The maximum Gasteiger partial charge on any atom is 0.177 e. The van der Waals surface area contributed by atoms with E-state index in [1.54, 1.807) is 12.4 Å². The molecule has 96 valence electrons. The Morgan fingerprint density at radius 1 is 0.833 bits per heavy atom. The lowest BCUT2D eigenvalue weighted by molar-refractivity contribution is 0.310. The Hall–Kier alpha value is -2.06. The molecule has 0 aliphatic rings. The third-order valence-corrected chi connectivity index (χ3v) is 2.21. The molecule has 8 heteroatoms. The van der Waals surface area contributed by atoms with E-state index >= 15 is 0 Å². The molecule has 2 heterocycles. The smallest absolute Gasteiger partial charge is 0.177 e. The van der Waals surface area contributed by atoms with Gasteiger partial charge in [-0.1, -0.05) is 0 Å². The summed E-state index contributed by atoms with van der Waals surface area (Å²) in [7, 11) is 0. The van der Waals surface area contributed by atoms with Crippen LogP contribution in [0.4, 0.5) is 11.6 Å². The van der Waals surface area contributed by atoms with Crippen LogP contribution in [0.3, 0.4) is 0 Å². The molecule has 0 aliphatic heterocycles. The number of aromatic nitrogens is 4. The normalized spacial score (nSPS) is 10.6. The molecular weight excluding hydrogens is 236 g/mol. The SMILES string of the molecule is OCCNc1nnc(NCCO)c2nccnc12. The number of rotatable bonds is 6. The first-order valence-corrected chi connectivity index (χ1v) is 5.53. The number of hydrogen-bond donors (Lipinski definition) is 4. The molecule has 0 saturated heterocycles. The molecule has 0 fully saturated rings. The quantitative estimate of drug-likeness (QED) is 0.528. The van der Waals surface area contributed by atoms with Crippen molar-refractivity contribution >= 4 is 22.7 Å². The summed E-state index contributed by atoms with van der Waals surface area (Å²) in [4.78, 5) is 8.38. The van der Waals surface area contributed by atoms with Crippen LogP contribution < -0.4 is 10.6 Å². The third-order valence-electron chi connectivity index (χ3n) is 2.21. The Morgan fingerprint density at radius 2 is 1.28 bits per heavy atom. The number of anilines is 2. The molecule has 2 aromatic rings. The molecule has 4 N–H and O–H groups in total. The first-order chi connectivity index (χ1) is 8.86. The molecule has 18 heavy (non-hydrogen) atoms. The number of hydrogen-bond acceptors (Lipinski definition) is 8. The molecular formula is C10H14N6O2. The maximum atomic E-state index is 8.78. The van der Waals surface area contributed by atoms with E-state index in [1.165, 1.54) is 0 Å². The summed E-state index contributed by atoms with van der Waals surface area (Å²) in [6, 6.07) is 0. The molecule has 0 spiro atoms. The monoisotopic (exact) mass is 250 g/mol. The number of nitrogens with one attached hydrogen (secondary N) is 2. The van der Waals surface area contributed by atoms with Crippen LogP contribution in [-0.4, -0.2) is 56.7 Å². The van der Waals surface area contributed by atoms with Gasteiger partial charge >= 0.3 is 0 Å². The maximum absolute atomic E-state index is 8.78. The number of aliphatic hydroxyl groups excluding tert-OH is 2. The molecule has 0 amide bonds. The molecule has 0 radical (unpaired) electrons. The van der Waals surface area contributed by atoms with Crippen molar-refractivity contribution in [1.82, 2.24) is 20.2 Å². The summed E-state index contributed by atoms with van der Waals surface area (Å²) in [5, 5.41) is 31.4. The van der Waals surface area contributed by atoms with Gasteiger partial charge in [-0.2, -0.15) is 0 Å². The van der Waals surface area contributed by atoms with E-state index in [9.17, 15) is 0 Å². The lowest BCUT2D eigenvalue weighted by Crippen LogP contribution is -2.12. The van der Waals surface area contributed by atoms with E-state index in [0.29, 0.717) is 35.8 Å². The van der Waals surface area contributed by atoms with Crippen LogP contribution in [0.5, 0.6) is 0 Å². The van der Waals surface area contributed by atoms with Gasteiger partial charge in [0.15, 0.2) is 11.6 Å². The fraction of sp³-hybridized carbons (Fsp3) is 0.400. The molecule has 2 rings (SSSR count). The zero-order valence-electron chi connectivity index (χ0n) is 9.67. The van der Waals surface area contributed by atoms with Gasteiger partial charge < -0.3 is 20.8 Å². The second kappa shape index (κ2) is 6.03. The second-order valence-corrected chi connectivity index (χ2v) is 3.45. The predicted octanol–water partition coefficient (Wildman–Crippen LogP) is -0.772. The molecule has 2 aromatic heterocycles. The van der Waals surface area contributed by atoms with E-state index in [-0.39, 0.29) is 13.2 Å². The highest BCUT2D eigenvalue weighted by atomic mass is 16.3. The summed E-state index contributed by atoms with van der Waals surface area (Å²) in [5.41, 5.74) is 1.14. The van der Waals surface area contributed by atoms with Crippen LogP contribution >= 0.6 is 0 Å². The van der Waals surface area contributed by atoms with Crippen molar-refractivity contribution in [2.45, 2.75) is 0 Å². The first kappa shape index (κ1) is 12.4. The van der Waals surface area contributed by atoms with Gasteiger partial charge in [-0.05, 0) is 0 Å². The van der Waals surface area contributed by atoms with Crippen LogP contribution in [0.25, 0.3) is 11.0 Å². The molecule has 0 atom stereocenters. The van der Waals surface area contributed by atoms with Gasteiger partial charge in [0.25, 0.3) is 0 Å². The highest BCUT2D eigenvalue weighted by Crippen LogP contribution is 2.21. The van der Waals surface area contributed by atoms with Crippen LogP contribution in [0.15, 0.2) is 12.4 Å². The average molecular weight is 250 g/mol. The van der Waals surface area contributed by atoms with Crippen molar-refractivity contribution in [2.24, 2.45) is 0 Å². The second-order valence-electron chi connectivity index (χ2n) is 3.45. The minimum atomic E-state index is -0.00600. The van der Waals surface area contributed by atoms with Gasteiger partial charge in [0, 0.05) is 25.5 Å². The van der Waals surface area contributed by atoms with Crippen LogP contribution in [0.1, 0.15) is 0 Å². The predicted molar refractivity (Wildman–Crippen MR) is 66.3 cm³/mol. The van der Waals surface area contributed by atoms with Gasteiger partial charge in [-0.25, -0.2) is 9.97 Å². The molecule has 8 nitrogen and oxygen atoms in total. The molecule has 0 bridgehead atoms. The van der Waals surface area contributed by atoms with Crippen molar-refractivity contribution < 1.29 is 10.2 Å². The lowest BCUT2D eigenvalue weighted by Gasteiger charge is -2.09. The van der Waals surface area contributed by atoms with E-state index in [4.69, 9.17) is 10.2 Å². The van der Waals surface area contributed by atoms with E-state index in [2.05, 4.69) is 30.8 Å². The van der Waals surface area contributed by atoms with E-state index < -0.39 is 0 Å². The number of aliphatic hydroxyl groups is 2. The Labute approximate surface area is 103 Å². The zero-order valence-corrected chi connectivity index (χ0v) is 9.67. The fourth-order valence-corrected chi connectivity index (χ4v) is 1.47. The van der Waals surface area contributed by atoms with Gasteiger partial charge in [0.1, 0.15) is 11.0 Å². The van der Waals surface area contributed by atoms with Crippen molar-refractivity contribution in [3.8, 4) is 0 Å². The Morgan fingerprint density at radius 3 is 1.67 bits per heavy atom. The van der Waals surface area contributed by atoms with Gasteiger partial charge in [-0.3, -0.25) is 0 Å². The van der Waals surface area contributed by atoms with Crippen molar-refractivity contribution in [2.75, 3.05) is 36.9 Å². The van der Waals surface area contributed by atoms with Crippen molar-refractivity contribution in [1.29, 1.82) is 0 Å². The lowest BCUT2D eigenvalue weighted by atomic mass is 10.3. The van der Waals surface area contributed by atoms with E-state index in [0.717, 1.165) is 0 Å². The van der Waals surface area contributed by atoms with Crippen LogP contribution in [-0.2, 0) is 0 Å². The summed E-state index contributed by atoms with van der Waals surface area (Å²) in [6.07, 6.45) is 3.12. The summed E-state index contributed by atoms with van der Waals surface area (Å²) in [6.45, 7) is 0.718. The zero-order chi connectivity index (χ0) is 12.8. The summed E-state index contributed by atoms with van der Waals surface area (Å²) < 4.78 is 0. The van der Waals surface area contributed by atoms with Crippen molar-refractivity contribution in [3.63, 3.8) is 0 Å². The fourth-order valence-electron chi connectivity index (χ4n) is 1.47. The average Bonchev–Trinajstić information content (AvgIpc) is 2.43. The highest BCUT2D eigenvalue weighted by Gasteiger charge is 2.10. The topological polar surface area (TPSA) is 116 Å². The van der Waals surface area contributed by atoms with Gasteiger partial charge in [0.05, 0.1) is 13.2 Å². The Kier molecular flexibility index (Phi) is 4.15. The van der Waals surface area contributed by atoms with Crippen LogP contribution in [0, 0.1) is 0 Å². The standard InChI is InChI=1S/C10H14N6O2/c17-5-3-13-9-7-8(12-2-1-11-7)10(16-15-9)14-4-6-18/h1-2,17-18H,3-6H2,(H,13,15)(H,14,16). The third kappa shape index (κ3) is 2.60. The first-order valence-electron chi connectivity index (χ1n) is 5.53. The minimum Gasteiger partial charge on any atom is -0.395 e. The summed E-state index contributed by atoms with van der Waals surface area (Å²) in [5.74, 6) is 0.948. The Bertz CT molecular complexity index is 474. The minimum absolute atomic E-state index is 0.00600.